The maximum Gasteiger partial charge on any atom is 0.226 e. The lowest BCUT2D eigenvalue weighted by Crippen LogP contribution is -2.32. The number of fused-ring (bicyclic) bond motifs is 1. The van der Waals surface area contributed by atoms with Crippen LogP contribution in [0.2, 0.25) is 0 Å². The predicted octanol–water partition coefficient (Wildman–Crippen LogP) is 1.96. The van der Waals surface area contributed by atoms with Crippen molar-refractivity contribution >= 4 is 33.3 Å². The largest absolute Gasteiger partial charge is 0.389 e. The molecule has 1 atom stereocenters. The molecule has 2 aromatic rings. The zero-order valence-electron chi connectivity index (χ0n) is 12.7. The van der Waals surface area contributed by atoms with Crippen molar-refractivity contribution in [2.45, 2.75) is 19.4 Å². The Morgan fingerprint density at radius 1 is 1.48 bits per heavy atom. The molecular formula is C14H22N4O2S. The molecule has 116 valence electrons. The number of thiophene rings is 1. The number of hydrogen-bond acceptors (Lipinski definition) is 7. The zero-order chi connectivity index (χ0) is 15.2. The number of likely N-dealkylation sites (N-methyl/N-ethyl adjacent to an activating group) is 1. The molecule has 0 amide bonds. The predicted molar refractivity (Wildman–Crippen MR) is 87.3 cm³/mol. The average molecular weight is 310 g/mol. The maximum atomic E-state index is 9.89. The van der Waals surface area contributed by atoms with Crippen LogP contribution in [0.4, 0.5) is 11.8 Å². The Balaban J connectivity index is 2.25. The second-order valence-electron chi connectivity index (χ2n) is 4.93. The molecule has 2 rings (SSSR count). The molecule has 0 aliphatic heterocycles. The highest BCUT2D eigenvalue weighted by Crippen LogP contribution is 2.28. The summed E-state index contributed by atoms with van der Waals surface area (Å²) in [6.45, 7) is 3.71. The number of ether oxygens (including phenoxy) is 1. The molecule has 2 aromatic heterocycles. The number of anilines is 2. The Labute approximate surface area is 128 Å². The van der Waals surface area contributed by atoms with Crippen LogP contribution in [-0.4, -0.2) is 55.0 Å². The van der Waals surface area contributed by atoms with E-state index in [-0.39, 0.29) is 0 Å². The minimum absolute atomic E-state index is 0.309. The highest BCUT2D eigenvalue weighted by Gasteiger charge is 2.15. The lowest BCUT2D eigenvalue weighted by Gasteiger charge is -2.22. The van der Waals surface area contributed by atoms with Crippen LogP contribution in [-0.2, 0) is 4.74 Å². The molecule has 7 heteroatoms. The topological polar surface area (TPSA) is 70.5 Å². The van der Waals surface area contributed by atoms with Gasteiger partial charge in [0, 0.05) is 27.2 Å². The average Bonchev–Trinajstić information content (AvgIpc) is 2.92. The molecule has 2 N–H and O–H groups in total. The van der Waals surface area contributed by atoms with Gasteiger partial charge in [0.1, 0.15) is 10.6 Å². The van der Waals surface area contributed by atoms with Crippen LogP contribution in [0.5, 0.6) is 0 Å². The summed E-state index contributed by atoms with van der Waals surface area (Å²) in [5.74, 6) is 1.46. The van der Waals surface area contributed by atoms with Crippen molar-refractivity contribution < 1.29 is 9.84 Å². The van der Waals surface area contributed by atoms with Crippen molar-refractivity contribution in [3.8, 4) is 0 Å². The number of aromatic nitrogens is 2. The van der Waals surface area contributed by atoms with Gasteiger partial charge in [-0.2, -0.15) is 4.98 Å². The number of aliphatic hydroxyl groups excluding tert-OH is 1. The van der Waals surface area contributed by atoms with Gasteiger partial charge in [-0.25, -0.2) is 4.98 Å². The number of hydrogen-bond donors (Lipinski definition) is 2. The number of rotatable bonds is 8. The molecule has 0 saturated carbocycles. The summed E-state index contributed by atoms with van der Waals surface area (Å²) >= 11 is 1.59. The fraction of sp³-hybridized carbons (Fsp3) is 0.571. The summed E-state index contributed by atoms with van der Waals surface area (Å²) in [6, 6.07) is 2.01. The molecule has 0 saturated heterocycles. The summed E-state index contributed by atoms with van der Waals surface area (Å²) in [5.41, 5.74) is 0. The van der Waals surface area contributed by atoms with Gasteiger partial charge in [0.25, 0.3) is 0 Å². The van der Waals surface area contributed by atoms with E-state index in [9.17, 15) is 5.11 Å². The van der Waals surface area contributed by atoms with Gasteiger partial charge in [-0.15, -0.1) is 11.3 Å². The molecule has 0 aliphatic rings. The van der Waals surface area contributed by atoms with Crippen LogP contribution in [0.15, 0.2) is 11.4 Å². The monoisotopic (exact) mass is 310 g/mol. The van der Waals surface area contributed by atoms with E-state index in [1.165, 1.54) is 0 Å². The van der Waals surface area contributed by atoms with Crippen LogP contribution in [0.3, 0.4) is 0 Å². The summed E-state index contributed by atoms with van der Waals surface area (Å²) in [4.78, 5) is 12.0. The number of aliphatic hydroxyl groups is 1. The third kappa shape index (κ3) is 4.03. The van der Waals surface area contributed by atoms with Gasteiger partial charge in [-0.3, -0.25) is 0 Å². The number of nitrogens with zero attached hydrogens (tertiary/aromatic N) is 3. The van der Waals surface area contributed by atoms with E-state index in [1.54, 1.807) is 18.4 Å². The maximum absolute atomic E-state index is 9.89. The Bertz CT molecular complexity index is 575. The minimum atomic E-state index is -0.546. The molecule has 0 spiro atoms. The molecule has 0 radical (unpaired) electrons. The van der Waals surface area contributed by atoms with E-state index in [1.807, 2.05) is 23.4 Å². The lowest BCUT2D eigenvalue weighted by molar-refractivity contribution is 0.0694. The summed E-state index contributed by atoms with van der Waals surface area (Å²) in [6.07, 6.45) is 0.472. The molecular weight excluding hydrogens is 288 g/mol. The van der Waals surface area contributed by atoms with Crippen LogP contribution >= 0.6 is 11.3 Å². The summed E-state index contributed by atoms with van der Waals surface area (Å²) < 4.78 is 4.97. The smallest absolute Gasteiger partial charge is 0.226 e. The van der Waals surface area contributed by atoms with Gasteiger partial charge >= 0.3 is 0 Å². The molecule has 0 fully saturated rings. The van der Waals surface area contributed by atoms with Crippen molar-refractivity contribution in [2.24, 2.45) is 0 Å². The van der Waals surface area contributed by atoms with E-state index in [0.717, 1.165) is 29.0 Å². The van der Waals surface area contributed by atoms with Crippen molar-refractivity contribution in [1.82, 2.24) is 9.97 Å². The van der Waals surface area contributed by atoms with Gasteiger partial charge in [0.15, 0.2) is 0 Å². The Hall–Kier alpha value is -1.44. The molecule has 21 heavy (non-hydrogen) atoms. The highest BCUT2D eigenvalue weighted by atomic mass is 32.1. The Morgan fingerprint density at radius 3 is 3.00 bits per heavy atom. The van der Waals surface area contributed by atoms with Crippen molar-refractivity contribution in [2.75, 3.05) is 44.1 Å². The third-order valence-corrected chi connectivity index (χ3v) is 3.85. The van der Waals surface area contributed by atoms with E-state index < -0.39 is 6.10 Å². The normalized spacial score (nSPS) is 12.6. The van der Waals surface area contributed by atoms with Crippen LogP contribution in [0.1, 0.15) is 13.3 Å². The van der Waals surface area contributed by atoms with Gasteiger partial charge in [-0.1, -0.05) is 6.92 Å². The molecule has 0 bridgehead atoms. The van der Waals surface area contributed by atoms with E-state index in [4.69, 9.17) is 4.74 Å². The molecule has 0 aromatic carbocycles. The first-order chi connectivity index (χ1) is 10.2. The van der Waals surface area contributed by atoms with E-state index >= 15 is 0 Å². The fourth-order valence-corrected chi connectivity index (χ4v) is 2.85. The first-order valence-electron chi connectivity index (χ1n) is 7.03. The van der Waals surface area contributed by atoms with Gasteiger partial charge in [0.2, 0.25) is 5.95 Å². The fourth-order valence-electron chi connectivity index (χ4n) is 2.09. The number of methoxy groups -OCH3 is 1. The summed E-state index contributed by atoms with van der Waals surface area (Å²) in [5, 5.41) is 16.1. The van der Waals surface area contributed by atoms with Crippen LogP contribution in [0, 0.1) is 0 Å². The Morgan fingerprint density at radius 2 is 2.29 bits per heavy atom. The molecule has 6 nitrogen and oxygen atoms in total. The van der Waals surface area contributed by atoms with Crippen molar-refractivity contribution in [3.63, 3.8) is 0 Å². The van der Waals surface area contributed by atoms with Crippen LogP contribution in [0.25, 0.3) is 10.2 Å². The SMILES string of the molecule is CCCNc1nc(N(C)CC(O)COC)c2ccsc2n1. The van der Waals surface area contributed by atoms with Crippen molar-refractivity contribution in [1.29, 1.82) is 0 Å². The first kappa shape index (κ1) is 15.9. The van der Waals surface area contributed by atoms with E-state index in [0.29, 0.717) is 19.1 Å². The number of nitrogens with one attached hydrogen (secondary N) is 1. The van der Waals surface area contributed by atoms with E-state index in [2.05, 4.69) is 22.2 Å². The van der Waals surface area contributed by atoms with Gasteiger partial charge in [-0.05, 0) is 17.9 Å². The van der Waals surface area contributed by atoms with Gasteiger partial charge in [0.05, 0.1) is 18.1 Å². The second kappa shape index (κ2) is 7.53. The molecule has 2 heterocycles. The summed E-state index contributed by atoms with van der Waals surface area (Å²) in [7, 11) is 3.50. The second-order valence-corrected chi connectivity index (χ2v) is 5.82. The molecule has 1 unspecified atom stereocenters. The minimum Gasteiger partial charge on any atom is -0.389 e. The molecule has 0 aliphatic carbocycles. The Kier molecular flexibility index (Phi) is 5.72. The zero-order valence-corrected chi connectivity index (χ0v) is 13.5. The highest BCUT2D eigenvalue weighted by molar-refractivity contribution is 7.16. The quantitative estimate of drug-likeness (QED) is 0.777. The van der Waals surface area contributed by atoms with Crippen LogP contribution < -0.4 is 10.2 Å². The standard InChI is InChI=1S/C14H22N4O2S/c1-4-6-15-14-16-12(11-5-7-21-13(11)17-14)18(2)8-10(19)9-20-3/h5,7,10,19H,4,6,8-9H2,1-3H3,(H,15,16,17). The first-order valence-corrected chi connectivity index (χ1v) is 7.91. The lowest BCUT2D eigenvalue weighted by atomic mass is 10.3. The van der Waals surface area contributed by atoms with Gasteiger partial charge < -0.3 is 20.1 Å². The third-order valence-electron chi connectivity index (χ3n) is 3.04. The van der Waals surface area contributed by atoms with Crippen molar-refractivity contribution in [3.05, 3.63) is 11.4 Å².